The Kier molecular flexibility index (Phi) is 10.7. The lowest BCUT2D eigenvalue weighted by molar-refractivity contribution is 0.381. The van der Waals surface area contributed by atoms with Crippen LogP contribution in [0.1, 0.15) is 0 Å². The van der Waals surface area contributed by atoms with Crippen molar-refractivity contribution in [2.45, 2.75) is 0 Å². The predicted molar refractivity (Wildman–Crippen MR) is 70.2 cm³/mol. The van der Waals surface area contributed by atoms with Crippen molar-refractivity contribution in [2.24, 2.45) is 0 Å². The van der Waals surface area contributed by atoms with Crippen LogP contribution >= 0.6 is 20.6 Å². The van der Waals surface area contributed by atoms with E-state index >= 15 is 0 Å². The van der Waals surface area contributed by atoms with Gasteiger partial charge in [0.1, 0.15) is 0 Å². The van der Waals surface area contributed by atoms with Gasteiger partial charge in [0.15, 0.2) is 0 Å². The molecule has 0 saturated carbocycles. The largest absolute Gasteiger partial charge is 0.394 e. The molecule has 0 spiro atoms. The van der Waals surface area contributed by atoms with Crippen LogP contribution in [0.4, 0.5) is 0 Å². The van der Waals surface area contributed by atoms with Gasteiger partial charge in [0, 0.05) is 0 Å². The van der Waals surface area contributed by atoms with Crippen LogP contribution < -0.4 is 0 Å². The van der Waals surface area contributed by atoms with E-state index in [1.54, 1.807) is 0 Å². The van der Waals surface area contributed by atoms with Gasteiger partial charge in [0.25, 0.3) is 0 Å². The van der Waals surface area contributed by atoms with Gasteiger partial charge in [-0.05, 0) is 37.5 Å². The number of rotatable bonds is 0. The van der Waals surface area contributed by atoms with Crippen LogP contribution in [0.5, 0.6) is 0 Å². The lowest BCUT2D eigenvalue weighted by atomic mass is 11.9. The van der Waals surface area contributed by atoms with Gasteiger partial charge in [-0.3, -0.25) is 9.11 Å². The molecule has 4 N–H and O–H groups in total. The summed E-state index contributed by atoms with van der Waals surface area (Å²) in [6, 6.07) is 0. The highest BCUT2D eigenvalue weighted by Gasteiger charge is 1.89. The second-order valence-corrected chi connectivity index (χ2v) is 12.0. The Morgan fingerprint density at radius 3 is 0.600 bits per heavy atom. The highest BCUT2D eigenvalue weighted by Crippen LogP contribution is 2.26. The number of hydrogen-bond acceptors (Lipinski definition) is 4. The van der Waals surface area contributed by atoms with Crippen LogP contribution in [0.25, 0.3) is 0 Å². The fourth-order valence-electron chi connectivity index (χ4n) is 0. The summed E-state index contributed by atoms with van der Waals surface area (Å²) >= 11 is 0. The van der Waals surface area contributed by atoms with Gasteiger partial charge in [0.2, 0.25) is 0 Å². The molecule has 0 aromatic carbocycles. The highest BCUT2D eigenvalue weighted by molar-refractivity contribution is 8.27. The molecule has 0 heterocycles. The summed E-state index contributed by atoms with van der Waals surface area (Å²) in [7, 11) is -7.00. The van der Waals surface area contributed by atoms with Crippen LogP contribution in [0, 0.1) is 0 Å². The molecule has 0 atom stereocenters. The molecule has 0 aromatic heterocycles. The summed E-state index contributed by atoms with van der Waals surface area (Å²) in [4.78, 5) is 0. The first-order chi connectivity index (χ1) is 6.00. The van der Waals surface area contributed by atoms with Crippen molar-refractivity contribution in [1.82, 2.24) is 0 Å². The first-order valence-electron chi connectivity index (χ1n) is 3.51. The maximum absolute atomic E-state index is 8.74. The maximum atomic E-state index is 8.74. The molecular weight excluding hydrogens is 264 g/mol. The van der Waals surface area contributed by atoms with E-state index in [4.69, 9.17) is 26.6 Å². The van der Waals surface area contributed by atoms with Gasteiger partial charge in [-0.25, -0.2) is 0 Å². The monoisotopic (exact) mass is 286 g/mol. The van der Waals surface area contributed by atoms with E-state index in [1.165, 1.54) is 0 Å². The lowest BCUT2D eigenvalue weighted by Crippen LogP contribution is -1.89. The quantitative estimate of drug-likeness (QED) is 0.503. The molecule has 0 aliphatic carbocycles. The minimum atomic E-state index is -4.67. The van der Waals surface area contributed by atoms with E-state index < -0.39 is 31.0 Å². The second-order valence-electron chi connectivity index (χ2n) is 3.99. The third kappa shape index (κ3) is 9410. The predicted octanol–water partition coefficient (Wildman–Crippen LogP) is 1.65. The van der Waals surface area contributed by atoms with E-state index in [0.29, 0.717) is 0 Å². The Morgan fingerprint density at radius 2 is 0.600 bits per heavy atom. The fraction of sp³-hybridized carbons (Fsp3) is 1.00. The second kappa shape index (κ2) is 7.71. The standard InChI is InChI=1S/2C3H10OS.H2O4S/c3*1-5(2,3)4/h2*4H,1-3H3;(H2,1,2,3,4). The molecule has 0 aliphatic rings. The Labute approximate surface area is 95.3 Å². The van der Waals surface area contributed by atoms with E-state index in [0.717, 1.165) is 0 Å². The molecule has 0 radical (unpaired) electrons. The van der Waals surface area contributed by atoms with Crippen molar-refractivity contribution in [2.75, 3.05) is 37.5 Å². The zero-order valence-corrected chi connectivity index (χ0v) is 12.3. The Bertz CT molecular complexity index is 203. The summed E-state index contributed by atoms with van der Waals surface area (Å²) < 4.78 is 48.8. The summed E-state index contributed by atoms with van der Waals surface area (Å²) in [5, 5.41) is 0. The van der Waals surface area contributed by atoms with Crippen molar-refractivity contribution < 1.29 is 26.6 Å². The zero-order chi connectivity index (χ0) is 13.5. The summed E-state index contributed by atoms with van der Waals surface area (Å²) in [6.45, 7) is 0. The van der Waals surface area contributed by atoms with Gasteiger partial charge in [-0.15, -0.1) is 20.6 Å². The van der Waals surface area contributed by atoms with Gasteiger partial charge in [-0.2, -0.15) is 8.42 Å². The van der Waals surface area contributed by atoms with Crippen LogP contribution in [-0.2, 0) is 10.4 Å². The molecule has 6 nitrogen and oxygen atoms in total. The minimum absolute atomic E-state index is 1.17. The summed E-state index contributed by atoms with van der Waals surface area (Å²) in [6.07, 6.45) is 11.0. The van der Waals surface area contributed by atoms with Gasteiger partial charge in [0.05, 0.1) is 0 Å². The molecule has 0 amide bonds. The average Bonchev–Trinajstić information content (AvgIpc) is 1.41. The number of hydrogen-bond donors (Lipinski definition) is 4. The van der Waals surface area contributed by atoms with Crippen molar-refractivity contribution in [3.05, 3.63) is 0 Å². The smallest absolute Gasteiger partial charge is 0.352 e. The van der Waals surface area contributed by atoms with Crippen molar-refractivity contribution in [1.29, 1.82) is 0 Å². The van der Waals surface area contributed by atoms with Gasteiger partial charge >= 0.3 is 10.4 Å². The molecule has 15 heavy (non-hydrogen) atoms. The van der Waals surface area contributed by atoms with E-state index in [2.05, 4.69) is 0 Å². The molecule has 9 heteroatoms. The van der Waals surface area contributed by atoms with E-state index in [-0.39, 0.29) is 0 Å². The Morgan fingerprint density at radius 1 is 0.600 bits per heavy atom. The topological polar surface area (TPSA) is 115 Å². The van der Waals surface area contributed by atoms with Crippen molar-refractivity contribution in [3.8, 4) is 0 Å². The normalized spacial score (nSPS) is 14.0. The molecule has 0 bridgehead atoms. The molecule has 0 fully saturated rings. The molecular formula is C6H22O6S3. The SMILES string of the molecule is CS(C)(C)O.CS(C)(C)O.O=S(=O)(O)O. The van der Waals surface area contributed by atoms with Gasteiger partial charge in [-0.1, -0.05) is 0 Å². The van der Waals surface area contributed by atoms with Crippen LogP contribution in [0.15, 0.2) is 0 Å². The fourth-order valence-corrected chi connectivity index (χ4v) is 0. The zero-order valence-electron chi connectivity index (χ0n) is 9.83. The van der Waals surface area contributed by atoms with E-state index in [9.17, 15) is 0 Å². The summed E-state index contributed by atoms with van der Waals surface area (Å²) in [5.74, 6) is 0. The first-order valence-corrected chi connectivity index (χ1v) is 10.5. The molecule has 0 aromatic rings. The van der Waals surface area contributed by atoms with Crippen molar-refractivity contribution >= 4 is 31.0 Å². The lowest BCUT2D eigenvalue weighted by Gasteiger charge is -2.13. The van der Waals surface area contributed by atoms with E-state index in [1.807, 2.05) is 37.5 Å². The Balaban J connectivity index is -0.000000144. The average molecular weight is 286 g/mol. The molecule has 0 saturated heterocycles. The maximum Gasteiger partial charge on any atom is 0.394 e. The molecule has 0 rings (SSSR count). The van der Waals surface area contributed by atoms with Gasteiger partial charge < -0.3 is 9.11 Å². The van der Waals surface area contributed by atoms with Crippen LogP contribution in [0.3, 0.4) is 0 Å². The molecule has 100 valence electrons. The molecule has 0 aliphatic heterocycles. The minimum Gasteiger partial charge on any atom is -0.352 e. The summed E-state index contributed by atoms with van der Waals surface area (Å²) in [5.41, 5.74) is 0. The van der Waals surface area contributed by atoms with Crippen molar-refractivity contribution in [3.63, 3.8) is 0 Å². The first kappa shape index (κ1) is 20.8. The Hall–Kier alpha value is 0.490. The van der Waals surface area contributed by atoms with Crippen LogP contribution in [-0.4, -0.2) is 64.2 Å². The molecule has 0 unspecified atom stereocenters. The van der Waals surface area contributed by atoms with Crippen LogP contribution in [0.2, 0.25) is 0 Å². The highest BCUT2D eigenvalue weighted by atomic mass is 32.3. The third-order valence-corrected chi connectivity index (χ3v) is 0. The third-order valence-electron chi connectivity index (χ3n) is 0.